The number of benzene rings is 1. The zero-order valence-electron chi connectivity index (χ0n) is 12.6. The van der Waals surface area contributed by atoms with Crippen molar-refractivity contribution < 1.29 is 9.13 Å². The standard InChI is InChI=1S/C16H20FN3O/c1-15(2,3)14-8-21-16(14,9-20-11-18-10-19-20)12-4-6-13(17)7-5-12/h4-7,10-11,14H,8-9H2,1-3H3. The second-order valence-corrected chi connectivity index (χ2v) is 6.72. The van der Waals surface area contributed by atoms with Crippen molar-refractivity contribution in [3.05, 3.63) is 48.3 Å². The molecule has 2 aromatic rings. The second-order valence-electron chi connectivity index (χ2n) is 6.72. The first-order valence-corrected chi connectivity index (χ1v) is 7.14. The Morgan fingerprint density at radius 3 is 2.52 bits per heavy atom. The summed E-state index contributed by atoms with van der Waals surface area (Å²) in [5.74, 6) is 0.0981. The molecule has 0 spiro atoms. The fraction of sp³-hybridized carbons (Fsp3) is 0.500. The van der Waals surface area contributed by atoms with E-state index in [1.807, 2.05) is 12.1 Å². The van der Waals surface area contributed by atoms with Crippen LogP contribution in [0.1, 0.15) is 26.3 Å². The van der Waals surface area contributed by atoms with Crippen LogP contribution >= 0.6 is 0 Å². The average Bonchev–Trinajstić information content (AvgIpc) is 2.86. The Morgan fingerprint density at radius 2 is 2.05 bits per heavy atom. The maximum Gasteiger partial charge on any atom is 0.137 e. The first-order valence-electron chi connectivity index (χ1n) is 7.14. The maximum absolute atomic E-state index is 13.2. The van der Waals surface area contributed by atoms with Crippen molar-refractivity contribution in [3.63, 3.8) is 0 Å². The van der Waals surface area contributed by atoms with Crippen LogP contribution < -0.4 is 0 Å². The number of rotatable bonds is 3. The third-order valence-electron chi connectivity index (χ3n) is 4.31. The lowest BCUT2D eigenvalue weighted by Gasteiger charge is -2.55. The van der Waals surface area contributed by atoms with Gasteiger partial charge in [-0.1, -0.05) is 32.9 Å². The summed E-state index contributed by atoms with van der Waals surface area (Å²) in [6, 6.07) is 6.59. The Labute approximate surface area is 124 Å². The molecular formula is C16H20FN3O. The highest BCUT2D eigenvalue weighted by atomic mass is 19.1. The third kappa shape index (κ3) is 2.46. The van der Waals surface area contributed by atoms with E-state index in [2.05, 4.69) is 30.9 Å². The molecule has 2 heterocycles. The van der Waals surface area contributed by atoms with Gasteiger partial charge < -0.3 is 4.74 Å². The number of nitrogens with zero attached hydrogens (tertiary/aromatic N) is 3. The smallest absolute Gasteiger partial charge is 0.137 e. The van der Waals surface area contributed by atoms with Gasteiger partial charge in [-0.25, -0.2) is 14.1 Å². The summed E-state index contributed by atoms with van der Waals surface area (Å²) in [7, 11) is 0. The Bertz CT molecular complexity index is 603. The minimum atomic E-state index is -0.473. The molecule has 112 valence electrons. The summed E-state index contributed by atoms with van der Waals surface area (Å²) in [6.07, 6.45) is 3.20. The highest BCUT2D eigenvalue weighted by Gasteiger charge is 2.54. The molecular weight excluding hydrogens is 269 g/mol. The van der Waals surface area contributed by atoms with Crippen LogP contribution in [0.5, 0.6) is 0 Å². The van der Waals surface area contributed by atoms with Gasteiger partial charge in [-0.05, 0) is 23.1 Å². The normalized spacial score (nSPS) is 25.6. The van der Waals surface area contributed by atoms with Crippen molar-refractivity contribution in [1.82, 2.24) is 14.8 Å². The van der Waals surface area contributed by atoms with Gasteiger partial charge in [0.1, 0.15) is 24.1 Å². The number of aromatic nitrogens is 3. The van der Waals surface area contributed by atoms with Gasteiger partial charge >= 0.3 is 0 Å². The van der Waals surface area contributed by atoms with Crippen molar-refractivity contribution in [2.24, 2.45) is 11.3 Å². The minimum Gasteiger partial charge on any atom is -0.367 e. The van der Waals surface area contributed by atoms with Crippen LogP contribution in [0.25, 0.3) is 0 Å². The lowest BCUT2D eigenvalue weighted by atomic mass is 9.64. The molecule has 3 rings (SSSR count). The average molecular weight is 289 g/mol. The van der Waals surface area contributed by atoms with Crippen molar-refractivity contribution in [2.75, 3.05) is 6.61 Å². The minimum absolute atomic E-state index is 0.0905. The molecule has 0 bridgehead atoms. The fourth-order valence-electron chi connectivity index (χ4n) is 3.14. The van der Waals surface area contributed by atoms with Crippen LogP contribution in [0.2, 0.25) is 0 Å². The molecule has 2 atom stereocenters. The van der Waals surface area contributed by atoms with Gasteiger partial charge in [0, 0.05) is 5.92 Å². The lowest BCUT2D eigenvalue weighted by Crippen LogP contribution is -2.58. The molecule has 5 heteroatoms. The van der Waals surface area contributed by atoms with E-state index in [0.29, 0.717) is 19.1 Å². The SMILES string of the molecule is CC(C)(C)C1COC1(Cn1cncn1)c1ccc(F)cc1. The molecule has 1 saturated heterocycles. The number of hydrogen-bond donors (Lipinski definition) is 0. The van der Waals surface area contributed by atoms with Gasteiger partial charge in [0.15, 0.2) is 0 Å². The molecule has 4 nitrogen and oxygen atoms in total. The fourth-order valence-corrected chi connectivity index (χ4v) is 3.14. The van der Waals surface area contributed by atoms with Crippen LogP contribution in [0.4, 0.5) is 4.39 Å². The summed E-state index contributed by atoms with van der Waals surface area (Å²) < 4.78 is 21.1. The van der Waals surface area contributed by atoms with Crippen molar-refractivity contribution in [3.8, 4) is 0 Å². The largest absolute Gasteiger partial charge is 0.367 e. The van der Waals surface area contributed by atoms with E-state index in [4.69, 9.17) is 4.74 Å². The van der Waals surface area contributed by atoms with E-state index < -0.39 is 5.60 Å². The highest BCUT2D eigenvalue weighted by molar-refractivity contribution is 5.27. The van der Waals surface area contributed by atoms with Gasteiger partial charge in [0.05, 0.1) is 13.2 Å². The molecule has 0 aliphatic carbocycles. The molecule has 21 heavy (non-hydrogen) atoms. The summed E-state index contributed by atoms with van der Waals surface area (Å²) in [6.45, 7) is 7.91. The summed E-state index contributed by atoms with van der Waals surface area (Å²) in [5, 5.41) is 4.19. The van der Waals surface area contributed by atoms with Crippen LogP contribution in [0, 0.1) is 17.2 Å². The van der Waals surface area contributed by atoms with Crippen LogP contribution in [0.15, 0.2) is 36.9 Å². The summed E-state index contributed by atoms with van der Waals surface area (Å²) >= 11 is 0. The zero-order valence-corrected chi connectivity index (χ0v) is 12.6. The Hall–Kier alpha value is -1.75. The van der Waals surface area contributed by atoms with E-state index in [1.54, 1.807) is 11.0 Å². The number of halogens is 1. The second kappa shape index (κ2) is 4.91. The molecule has 0 N–H and O–H groups in total. The Balaban J connectivity index is 2.01. The molecule has 1 aromatic carbocycles. The van der Waals surface area contributed by atoms with E-state index in [1.165, 1.54) is 18.5 Å². The topological polar surface area (TPSA) is 39.9 Å². The van der Waals surface area contributed by atoms with E-state index in [-0.39, 0.29) is 11.2 Å². The van der Waals surface area contributed by atoms with Gasteiger partial charge in [0.2, 0.25) is 0 Å². The highest BCUT2D eigenvalue weighted by Crippen LogP contribution is 2.51. The van der Waals surface area contributed by atoms with Crippen molar-refractivity contribution >= 4 is 0 Å². The quantitative estimate of drug-likeness (QED) is 0.872. The summed E-state index contributed by atoms with van der Waals surface area (Å²) in [4.78, 5) is 4.00. The predicted molar refractivity (Wildman–Crippen MR) is 77.0 cm³/mol. The lowest BCUT2D eigenvalue weighted by molar-refractivity contribution is -0.253. The van der Waals surface area contributed by atoms with Gasteiger partial charge in [0.25, 0.3) is 0 Å². The van der Waals surface area contributed by atoms with Crippen LogP contribution in [-0.2, 0) is 16.9 Å². The predicted octanol–water partition coefficient (Wildman–Crippen LogP) is 3.01. The Kier molecular flexibility index (Phi) is 3.32. The molecule has 1 fully saturated rings. The molecule has 2 unspecified atom stereocenters. The monoisotopic (exact) mass is 289 g/mol. The van der Waals surface area contributed by atoms with Crippen LogP contribution in [0.3, 0.4) is 0 Å². The molecule has 0 radical (unpaired) electrons. The molecule has 0 saturated carbocycles. The van der Waals surface area contributed by atoms with Gasteiger partial charge in [-0.2, -0.15) is 5.10 Å². The van der Waals surface area contributed by atoms with Crippen LogP contribution in [-0.4, -0.2) is 21.4 Å². The summed E-state index contributed by atoms with van der Waals surface area (Å²) in [5.41, 5.74) is 0.609. The van der Waals surface area contributed by atoms with Gasteiger partial charge in [-0.3, -0.25) is 0 Å². The Morgan fingerprint density at radius 1 is 1.33 bits per heavy atom. The molecule has 1 aliphatic heterocycles. The zero-order chi connectivity index (χ0) is 15.1. The van der Waals surface area contributed by atoms with Crippen molar-refractivity contribution in [1.29, 1.82) is 0 Å². The van der Waals surface area contributed by atoms with E-state index in [0.717, 1.165) is 5.56 Å². The maximum atomic E-state index is 13.2. The van der Waals surface area contributed by atoms with Crippen molar-refractivity contribution in [2.45, 2.75) is 32.9 Å². The molecule has 1 aromatic heterocycles. The number of hydrogen-bond acceptors (Lipinski definition) is 3. The molecule has 0 amide bonds. The first-order chi connectivity index (χ1) is 9.92. The first kappa shape index (κ1) is 14.2. The van der Waals surface area contributed by atoms with E-state index in [9.17, 15) is 4.39 Å². The molecule has 1 aliphatic rings. The third-order valence-corrected chi connectivity index (χ3v) is 4.31. The van der Waals surface area contributed by atoms with E-state index >= 15 is 0 Å². The number of ether oxygens (including phenoxy) is 1. The van der Waals surface area contributed by atoms with Gasteiger partial charge in [-0.15, -0.1) is 0 Å².